The van der Waals surface area contributed by atoms with Crippen LogP contribution >= 0.6 is 0 Å². The number of hydrogen-bond donors (Lipinski definition) is 1. The Morgan fingerprint density at radius 3 is 2.26 bits per heavy atom. The first-order valence-corrected chi connectivity index (χ1v) is 9.17. The van der Waals surface area contributed by atoms with Crippen LogP contribution in [-0.4, -0.2) is 22.8 Å². The van der Waals surface area contributed by atoms with E-state index in [1.54, 1.807) is 24.3 Å². The number of carbonyl (C=O) groups excluding carboxylic acids is 1. The highest BCUT2D eigenvalue weighted by Gasteiger charge is 2.30. The quantitative estimate of drug-likeness (QED) is 0.407. The van der Waals surface area contributed by atoms with E-state index in [2.05, 4.69) is 5.32 Å². The average molecular weight is 429 g/mol. The van der Waals surface area contributed by atoms with Gasteiger partial charge >= 0.3 is 6.18 Å². The fourth-order valence-corrected chi connectivity index (χ4v) is 2.96. The number of nitro groups is 1. The van der Waals surface area contributed by atoms with E-state index in [4.69, 9.17) is 0 Å². The topological polar surface area (TPSA) is 75.5 Å². The molecule has 1 N–H and O–H groups in total. The number of halogens is 3. The molecule has 0 aromatic heterocycles. The van der Waals surface area contributed by atoms with Gasteiger partial charge in [0, 0.05) is 30.9 Å². The number of alkyl halides is 3. The van der Waals surface area contributed by atoms with Gasteiger partial charge in [-0.3, -0.25) is 14.9 Å². The summed E-state index contributed by atoms with van der Waals surface area (Å²) < 4.78 is 38.0. The van der Waals surface area contributed by atoms with Crippen molar-refractivity contribution in [1.29, 1.82) is 0 Å². The molecule has 0 radical (unpaired) electrons. The fraction of sp³-hybridized carbons (Fsp3) is 0.136. The zero-order chi connectivity index (χ0) is 22.6. The molecule has 0 aliphatic heterocycles. The molecule has 0 spiro atoms. The number of amides is 1. The zero-order valence-electron chi connectivity index (χ0n) is 16.4. The number of anilines is 2. The number of para-hydroxylation sites is 1. The van der Waals surface area contributed by atoms with Crippen molar-refractivity contribution in [3.8, 4) is 0 Å². The standard InChI is InChI=1S/C22H18F3N3O3/c1-27(14-15-7-10-17(11-8-15)22(23,24)25)21(29)16-9-12-19(20(13-16)28(30)31)26-18-5-3-2-4-6-18/h2-13,26H,14H2,1H3. The third kappa shape index (κ3) is 5.39. The van der Waals surface area contributed by atoms with Gasteiger partial charge in [-0.15, -0.1) is 0 Å². The molecule has 1 amide bonds. The smallest absolute Gasteiger partial charge is 0.350 e. The minimum Gasteiger partial charge on any atom is -0.350 e. The minimum absolute atomic E-state index is 0.0504. The molecule has 3 aromatic carbocycles. The highest BCUT2D eigenvalue weighted by atomic mass is 19.4. The van der Waals surface area contributed by atoms with Gasteiger partial charge in [0.05, 0.1) is 10.5 Å². The summed E-state index contributed by atoms with van der Waals surface area (Å²) in [5.74, 6) is -0.491. The first-order chi connectivity index (χ1) is 14.6. The second kappa shape index (κ2) is 8.86. The van der Waals surface area contributed by atoms with Crippen molar-refractivity contribution in [3.63, 3.8) is 0 Å². The summed E-state index contributed by atoms with van der Waals surface area (Å²) in [6.07, 6.45) is -4.44. The van der Waals surface area contributed by atoms with Crippen LogP contribution in [0.3, 0.4) is 0 Å². The molecule has 0 aliphatic rings. The van der Waals surface area contributed by atoms with Crippen molar-refractivity contribution >= 4 is 23.0 Å². The summed E-state index contributed by atoms with van der Waals surface area (Å²) in [5, 5.41) is 14.5. The fourth-order valence-electron chi connectivity index (χ4n) is 2.96. The van der Waals surface area contributed by atoms with E-state index >= 15 is 0 Å². The maximum Gasteiger partial charge on any atom is 0.416 e. The predicted octanol–water partition coefficient (Wildman–Crippen LogP) is 5.63. The Labute approximate surface area is 176 Å². The number of hydrogen-bond acceptors (Lipinski definition) is 4. The molecule has 0 saturated carbocycles. The van der Waals surface area contributed by atoms with Gasteiger partial charge < -0.3 is 10.2 Å². The van der Waals surface area contributed by atoms with Crippen molar-refractivity contribution in [2.24, 2.45) is 0 Å². The van der Waals surface area contributed by atoms with Crippen LogP contribution in [0.2, 0.25) is 0 Å². The van der Waals surface area contributed by atoms with Gasteiger partial charge in [0.2, 0.25) is 0 Å². The highest BCUT2D eigenvalue weighted by molar-refractivity contribution is 5.95. The first kappa shape index (κ1) is 21.8. The van der Waals surface area contributed by atoms with Crippen LogP contribution < -0.4 is 5.32 Å². The SMILES string of the molecule is CN(Cc1ccc(C(F)(F)F)cc1)C(=O)c1ccc(Nc2ccccc2)c([N+](=O)[O-])c1. The van der Waals surface area contributed by atoms with Crippen molar-refractivity contribution in [2.75, 3.05) is 12.4 Å². The molecule has 0 aliphatic carbocycles. The second-order valence-corrected chi connectivity index (χ2v) is 6.84. The van der Waals surface area contributed by atoms with E-state index in [1.807, 2.05) is 6.07 Å². The molecule has 0 fully saturated rings. The summed E-state index contributed by atoms with van der Waals surface area (Å²) >= 11 is 0. The van der Waals surface area contributed by atoms with Gasteiger partial charge in [0.25, 0.3) is 11.6 Å². The van der Waals surface area contributed by atoms with Crippen molar-refractivity contribution in [2.45, 2.75) is 12.7 Å². The molecule has 6 nitrogen and oxygen atoms in total. The van der Waals surface area contributed by atoms with E-state index in [1.165, 1.54) is 42.3 Å². The molecule has 0 unspecified atom stereocenters. The van der Waals surface area contributed by atoms with E-state index in [0.717, 1.165) is 12.1 Å². The van der Waals surface area contributed by atoms with Crippen molar-refractivity contribution in [1.82, 2.24) is 4.90 Å². The van der Waals surface area contributed by atoms with Crippen LogP contribution in [0, 0.1) is 10.1 Å². The van der Waals surface area contributed by atoms with Crippen LogP contribution in [0.1, 0.15) is 21.5 Å². The summed E-state index contributed by atoms with van der Waals surface area (Å²) in [6, 6.07) is 17.4. The number of carbonyl (C=O) groups is 1. The maximum atomic E-state index is 12.7. The molecule has 160 valence electrons. The van der Waals surface area contributed by atoms with Crippen LogP contribution in [-0.2, 0) is 12.7 Å². The summed E-state index contributed by atoms with van der Waals surface area (Å²) in [4.78, 5) is 24.9. The molecule has 0 atom stereocenters. The number of benzene rings is 3. The molecule has 0 heterocycles. The molecular formula is C22H18F3N3O3. The first-order valence-electron chi connectivity index (χ1n) is 9.17. The van der Waals surface area contributed by atoms with Crippen molar-refractivity contribution in [3.05, 3.63) is 99.6 Å². The van der Waals surface area contributed by atoms with Gasteiger partial charge in [-0.25, -0.2) is 0 Å². The number of nitro benzene ring substituents is 1. The van der Waals surface area contributed by atoms with Crippen LogP contribution in [0.4, 0.5) is 30.2 Å². The number of nitrogens with zero attached hydrogens (tertiary/aromatic N) is 2. The van der Waals surface area contributed by atoms with E-state index in [-0.39, 0.29) is 23.5 Å². The third-order valence-electron chi connectivity index (χ3n) is 4.54. The molecular weight excluding hydrogens is 411 g/mol. The highest BCUT2D eigenvalue weighted by Crippen LogP contribution is 2.30. The maximum absolute atomic E-state index is 12.7. The Bertz CT molecular complexity index is 1080. The van der Waals surface area contributed by atoms with E-state index in [9.17, 15) is 28.1 Å². The zero-order valence-corrected chi connectivity index (χ0v) is 16.4. The Hall–Kier alpha value is -3.88. The monoisotopic (exact) mass is 429 g/mol. The number of nitrogens with one attached hydrogen (secondary N) is 1. The van der Waals surface area contributed by atoms with E-state index in [0.29, 0.717) is 11.3 Å². The molecule has 0 saturated heterocycles. The lowest BCUT2D eigenvalue weighted by Crippen LogP contribution is -2.26. The molecule has 3 rings (SSSR count). The lowest BCUT2D eigenvalue weighted by Gasteiger charge is -2.18. The minimum atomic E-state index is -4.44. The average Bonchev–Trinajstić information content (AvgIpc) is 2.74. The van der Waals surface area contributed by atoms with Crippen molar-refractivity contribution < 1.29 is 22.9 Å². The summed E-state index contributed by atoms with van der Waals surface area (Å²) in [6.45, 7) is 0.0504. The molecule has 31 heavy (non-hydrogen) atoms. The Kier molecular flexibility index (Phi) is 6.24. The lowest BCUT2D eigenvalue weighted by molar-refractivity contribution is -0.383. The molecule has 0 bridgehead atoms. The Morgan fingerprint density at radius 2 is 1.68 bits per heavy atom. The third-order valence-corrected chi connectivity index (χ3v) is 4.54. The normalized spacial score (nSPS) is 11.1. The van der Waals surface area contributed by atoms with Gasteiger partial charge in [-0.05, 0) is 42.0 Å². The van der Waals surface area contributed by atoms with Crippen LogP contribution in [0.25, 0.3) is 0 Å². The van der Waals surface area contributed by atoms with Crippen LogP contribution in [0.15, 0.2) is 72.8 Å². The van der Waals surface area contributed by atoms with Crippen LogP contribution in [0.5, 0.6) is 0 Å². The van der Waals surface area contributed by atoms with Gasteiger partial charge in [0.1, 0.15) is 5.69 Å². The lowest BCUT2D eigenvalue weighted by atomic mass is 10.1. The molecule has 3 aromatic rings. The van der Waals surface area contributed by atoms with Gasteiger partial charge in [0.15, 0.2) is 0 Å². The van der Waals surface area contributed by atoms with Gasteiger partial charge in [-0.1, -0.05) is 30.3 Å². The second-order valence-electron chi connectivity index (χ2n) is 6.84. The number of rotatable bonds is 6. The summed E-state index contributed by atoms with van der Waals surface area (Å²) in [7, 11) is 1.47. The Balaban J connectivity index is 1.77. The summed E-state index contributed by atoms with van der Waals surface area (Å²) in [5.41, 5.74) is 0.447. The largest absolute Gasteiger partial charge is 0.416 e. The molecule has 9 heteroatoms. The Morgan fingerprint density at radius 1 is 1.03 bits per heavy atom. The predicted molar refractivity (Wildman–Crippen MR) is 110 cm³/mol. The van der Waals surface area contributed by atoms with E-state index < -0.39 is 22.6 Å². The van der Waals surface area contributed by atoms with Gasteiger partial charge in [-0.2, -0.15) is 13.2 Å².